The second-order valence-electron chi connectivity index (χ2n) is 7.19. The minimum atomic E-state index is -0.207. The van der Waals surface area contributed by atoms with Crippen molar-refractivity contribution in [2.75, 3.05) is 11.9 Å². The number of hydrogen-bond acceptors (Lipinski definition) is 4. The molecular formula is C24H20N6O. The van der Waals surface area contributed by atoms with E-state index in [1.807, 2.05) is 77.6 Å². The summed E-state index contributed by atoms with van der Waals surface area (Å²) < 4.78 is 4.00. The molecule has 0 aliphatic carbocycles. The van der Waals surface area contributed by atoms with Gasteiger partial charge in [-0.05, 0) is 42.5 Å². The van der Waals surface area contributed by atoms with Crippen LogP contribution in [-0.2, 0) is 6.54 Å². The van der Waals surface area contributed by atoms with Crippen LogP contribution in [0.3, 0.4) is 0 Å². The fraction of sp³-hybridized carbons (Fsp3) is 0.0833. The molecule has 0 unspecified atom stereocenters. The van der Waals surface area contributed by atoms with Gasteiger partial charge in [-0.2, -0.15) is 0 Å². The molecule has 0 aliphatic rings. The van der Waals surface area contributed by atoms with Gasteiger partial charge in [0.25, 0.3) is 5.91 Å². The molecule has 0 radical (unpaired) electrons. The molecule has 0 aliphatic heterocycles. The molecule has 1 amide bonds. The van der Waals surface area contributed by atoms with Crippen LogP contribution in [0, 0.1) is 0 Å². The highest BCUT2D eigenvalue weighted by Gasteiger charge is 2.23. The van der Waals surface area contributed by atoms with E-state index >= 15 is 0 Å². The predicted molar refractivity (Wildman–Crippen MR) is 119 cm³/mol. The summed E-state index contributed by atoms with van der Waals surface area (Å²) in [4.78, 5) is 28.2. The SMILES string of the molecule is CN(C(=O)c1nc(-c2ccn(Cc3ccccn3)c2)n2ccccc12)c1ccccn1. The minimum Gasteiger partial charge on any atom is -0.348 e. The average molecular weight is 408 g/mol. The zero-order valence-corrected chi connectivity index (χ0v) is 17.0. The standard InChI is InChI=1S/C24H20N6O/c1-28(21-10-3-6-13-26-21)24(31)22-20-9-4-7-14-30(20)23(27-22)18-11-15-29(16-18)17-19-8-2-5-12-25-19/h2-16H,17H2,1H3. The summed E-state index contributed by atoms with van der Waals surface area (Å²) in [7, 11) is 1.71. The number of aromatic nitrogens is 5. The Bertz CT molecular complexity index is 1340. The number of amides is 1. The van der Waals surface area contributed by atoms with E-state index in [1.165, 1.54) is 4.90 Å². The molecule has 152 valence electrons. The summed E-state index contributed by atoms with van der Waals surface area (Å²) >= 11 is 0. The van der Waals surface area contributed by atoms with Crippen LogP contribution < -0.4 is 4.90 Å². The summed E-state index contributed by atoms with van der Waals surface area (Å²) in [6, 6.07) is 19.1. The molecule has 0 spiro atoms. The van der Waals surface area contributed by atoms with Crippen LogP contribution in [0.5, 0.6) is 0 Å². The van der Waals surface area contributed by atoms with Gasteiger partial charge in [0, 0.05) is 43.6 Å². The van der Waals surface area contributed by atoms with Gasteiger partial charge >= 0.3 is 0 Å². The van der Waals surface area contributed by atoms with Crippen molar-refractivity contribution in [2.24, 2.45) is 0 Å². The molecule has 7 heteroatoms. The molecule has 0 N–H and O–H groups in total. The number of carbonyl (C=O) groups excluding carboxylic acids is 1. The van der Waals surface area contributed by atoms with Crippen molar-refractivity contribution >= 4 is 17.2 Å². The van der Waals surface area contributed by atoms with Crippen molar-refractivity contribution in [2.45, 2.75) is 6.54 Å². The van der Waals surface area contributed by atoms with Crippen LogP contribution in [0.1, 0.15) is 16.2 Å². The maximum atomic E-state index is 13.2. The van der Waals surface area contributed by atoms with Crippen LogP contribution in [0.2, 0.25) is 0 Å². The van der Waals surface area contributed by atoms with Crippen LogP contribution in [0.25, 0.3) is 16.9 Å². The van der Waals surface area contributed by atoms with Crippen molar-refractivity contribution in [3.63, 3.8) is 0 Å². The second-order valence-corrected chi connectivity index (χ2v) is 7.19. The highest BCUT2D eigenvalue weighted by molar-refractivity contribution is 6.08. The Morgan fingerprint density at radius 2 is 1.74 bits per heavy atom. The Balaban J connectivity index is 1.52. The minimum absolute atomic E-state index is 0.207. The first kappa shape index (κ1) is 18.7. The Kier molecular flexibility index (Phi) is 4.76. The van der Waals surface area contributed by atoms with Gasteiger partial charge in [-0.15, -0.1) is 0 Å². The van der Waals surface area contributed by atoms with E-state index in [1.54, 1.807) is 25.5 Å². The van der Waals surface area contributed by atoms with Crippen molar-refractivity contribution in [1.82, 2.24) is 23.9 Å². The van der Waals surface area contributed by atoms with Crippen LogP contribution in [-0.4, -0.2) is 36.9 Å². The molecule has 0 atom stereocenters. The van der Waals surface area contributed by atoms with Gasteiger partial charge in [0.15, 0.2) is 5.69 Å². The number of carbonyl (C=O) groups is 1. The number of imidazole rings is 1. The third kappa shape index (κ3) is 3.57. The molecule has 5 aromatic heterocycles. The molecule has 31 heavy (non-hydrogen) atoms. The third-order valence-electron chi connectivity index (χ3n) is 5.13. The van der Waals surface area contributed by atoms with Gasteiger partial charge in [0.2, 0.25) is 0 Å². The molecule has 5 rings (SSSR count). The normalized spacial score (nSPS) is 11.0. The summed E-state index contributed by atoms with van der Waals surface area (Å²) in [6.07, 6.45) is 9.39. The van der Waals surface area contributed by atoms with E-state index in [2.05, 4.69) is 14.5 Å². The Morgan fingerprint density at radius 1 is 0.935 bits per heavy atom. The lowest BCUT2D eigenvalue weighted by molar-refractivity contribution is 0.0989. The van der Waals surface area contributed by atoms with E-state index in [9.17, 15) is 4.79 Å². The van der Waals surface area contributed by atoms with Crippen LogP contribution >= 0.6 is 0 Å². The van der Waals surface area contributed by atoms with E-state index in [-0.39, 0.29) is 5.91 Å². The van der Waals surface area contributed by atoms with Gasteiger partial charge in [0.05, 0.1) is 17.8 Å². The highest BCUT2D eigenvalue weighted by atomic mass is 16.2. The van der Waals surface area contributed by atoms with Gasteiger partial charge in [-0.1, -0.05) is 18.2 Å². The monoisotopic (exact) mass is 408 g/mol. The van der Waals surface area contributed by atoms with Gasteiger partial charge in [-0.3, -0.25) is 19.1 Å². The number of hydrogen-bond donors (Lipinski definition) is 0. The highest BCUT2D eigenvalue weighted by Crippen LogP contribution is 2.25. The quantitative estimate of drug-likeness (QED) is 0.442. The van der Waals surface area contributed by atoms with Gasteiger partial charge in [0.1, 0.15) is 11.6 Å². The molecule has 0 aromatic carbocycles. The fourth-order valence-corrected chi connectivity index (χ4v) is 3.56. The van der Waals surface area contributed by atoms with Crippen molar-refractivity contribution < 1.29 is 4.79 Å². The molecular weight excluding hydrogens is 388 g/mol. The first-order chi connectivity index (χ1) is 15.2. The summed E-state index contributed by atoms with van der Waals surface area (Å²) in [5.41, 5.74) is 3.05. The molecule has 5 aromatic rings. The molecule has 0 saturated carbocycles. The van der Waals surface area contributed by atoms with Crippen molar-refractivity contribution in [1.29, 1.82) is 0 Å². The summed E-state index contributed by atoms with van der Waals surface area (Å²) in [5, 5.41) is 0. The Labute approximate surface area is 179 Å². The van der Waals surface area contributed by atoms with Gasteiger partial charge in [-0.25, -0.2) is 9.97 Å². The topological polar surface area (TPSA) is 68.3 Å². The first-order valence-electron chi connectivity index (χ1n) is 9.93. The van der Waals surface area contributed by atoms with E-state index in [0.29, 0.717) is 23.9 Å². The molecule has 0 fully saturated rings. The maximum Gasteiger partial charge on any atom is 0.280 e. The second kappa shape index (κ2) is 7.87. The average Bonchev–Trinajstić information content (AvgIpc) is 3.44. The smallest absolute Gasteiger partial charge is 0.280 e. The first-order valence-corrected chi connectivity index (χ1v) is 9.93. The summed E-state index contributed by atoms with van der Waals surface area (Å²) in [5.74, 6) is 1.09. The predicted octanol–water partition coefficient (Wildman–Crippen LogP) is 3.92. The van der Waals surface area contributed by atoms with Crippen molar-refractivity contribution in [3.8, 4) is 11.4 Å². The number of pyridine rings is 3. The fourth-order valence-electron chi connectivity index (χ4n) is 3.56. The zero-order valence-electron chi connectivity index (χ0n) is 17.0. The third-order valence-corrected chi connectivity index (χ3v) is 5.13. The van der Waals surface area contributed by atoms with E-state index in [4.69, 9.17) is 4.98 Å². The van der Waals surface area contributed by atoms with E-state index < -0.39 is 0 Å². The lowest BCUT2D eigenvalue weighted by Gasteiger charge is -2.14. The van der Waals surface area contributed by atoms with Gasteiger partial charge < -0.3 is 4.57 Å². The maximum absolute atomic E-state index is 13.2. The van der Waals surface area contributed by atoms with Crippen LogP contribution in [0.4, 0.5) is 5.82 Å². The summed E-state index contributed by atoms with van der Waals surface area (Å²) in [6.45, 7) is 0.665. The molecule has 5 heterocycles. The Hall–Kier alpha value is -4.26. The lowest BCUT2D eigenvalue weighted by atomic mass is 10.3. The zero-order chi connectivity index (χ0) is 21.2. The Morgan fingerprint density at radius 3 is 2.52 bits per heavy atom. The molecule has 7 nitrogen and oxygen atoms in total. The number of anilines is 1. The number of fused-ring (bicyclic) bond motifs is 1. The lowest BCUT2D eigenvalue weighted by Crippen LogP contribution is -2.27. The van der Waals surface area contributed by atoms with Crippen LogP contribution in [0.15, 0.2) is 91.6 Å². The largest absolute Gasteiger partial charge is 0.348 e. The van der Waals surface area contributed by atoms with Crippen molar-refractivity contribution in [3.05, 3.63) is 103 Å². The number of nitrogens with zero attached hydrogens (tertiary/aromatic N) is 6. The van der Waals surface area contributed by atoms with E-state index in [0.717, 1.165) is 16.8 Å². The number of rotatable bonds is 5. The molecule has 0 saturated heterocycles. The molecule has 0 bridgehead atoms.